The third-order valence-corrected chi connectivity index (χ3v) is 4.51. The van der Waals surface area contributed by atoms with Crippen LogP contribution in [-0.2, 0) is 11.3 Å². The normalized spacial score (nSPS) is 15.7. The standard InChI is InChI=1S/C14H17N3O2S/c18-13(16-8-4-15-5-9-16)2-7-17-6-1-12-11(14(17)19)3-10-20-12/h1,3,6,10,15H,2,4-5,7-9H2. The van der Waals surface area contributed by atoms with Gasteiger partial charge in [0.1, 0.15) is 0 Å². The van der Waals surface area contributed by atoms with Gasteiger partial charge in [0, 0.05) is 50.0 Å². The van der Waals surface area contributed by atoms with Gasteiger partial charge in [-0.15, -0.1) is 11.3 Å². The van der Waals surface area contributed by atoms with Gasteiger partial charge in [0.25, 0.3) is 5.56 Å². The molecule has 0 saturated carbocycles. The first-order valence-corrected chi connectivity index (χ1v) is 7.69. The van der Waals surface area contributed by atoms with Crippen LogP contribution in [0, 0.1) is 0 Å². The molecule has 2 aromatic heterocycles. The largest absolute Gasteiger partial charge is 0.340 e. The smallest absolute Gasteiger partial charge is 0.259 e. The summed E-state index contributed by atoms with van der Waals surface area (Å²) < 4.78 is 2.63. The van der Waals surface area contributed by atoms with Crippen molar-refractivity contribution in [3.05, 3.63) is 34.1 Å². The molecule has 20 heavy (non-hydrogen) atoms. The zero-order valence-corrected chi connectivity index (χ0v) is 12.0. The van der Waals surface area contributed by atoms with Crippen molar-refractivity contribution in [2.75, 3.05) is 26.2 Å². The molecule has 0 atom stereocenters. The summed E-state index contributed by atoms with van der Waals surface area (Å²) in [6.45, 7) is 3.68. The molecule has 2 aromatic rings. The molecular weight excluding hydrogens is 274 g/mol. The van der Waals surface area contributed by atoms with Gasteiger partial charge in [-0.05, 0) is 17.5 Å². The lowest BCUT2D eigenvalue weighted by atomic mass is 10.3. The third kappa shape index (κ3) is 2.62. The summed E-state index contributed by atoms with van der Waals surface area (Å²) in [5, 5.41) is 5.88. The Morgan fingerprint density at radius 1 is 1.30 bits per heavy atom. The summed E-state index contributed by atoms with van der Waals surface area (Å²) in [5.41, 5.74) is -0.00291. The van der Waals surface area contributed by atoms with E-state index in [1.165, 1.54) is 0 Å². The van der Waals surface area contributed by atoms with E-state index in [1.54, 1.807) is 22.1 Å². The molecule has 1 aliphatic rings. The molecule has 1 fully saturated rings. The topological polar surface area (TPSA) is 54.3 Å². The van der Waals surface area contributed by atoms with Crippen LogP contribution in [0.15, 0.2) is 28.5 Å². The number of aromatic nitrogens is 1. The number of piperazine rings is 1. The lowest BCUT2D eigenvalue weighted by molar-refractivity contribution is -0.132. The van der Waals surface area contributed by atoms with E-state index in [-0.39, 0.29) is 11.5 Å². The minimum atomic E-state index is -0.00291. The van der Waals surface area contributed by atoms with Crippen LogP contribution >= 0.6 is 11.3 Å². The van der Waals surface area contributed by atoms with Crippen LogP contribution in [0.5, 0.6) is 0 Å². The molecule has 0 unspecified atom stereocenters. The maximum atomic E-state index is 12.2. The first-order valence-electron chi connectivity index (χ1n) is 6.81. The fourth-order valence-electron chi connectivity index (χ4n) is 2.47. The van der Waals surface area contributed by atoms with Crippen LogP contribution in [0.3, 0.4) is 0 Å². The van der Waals surface area contributed by atoms with E-state index in [1.807, 2.05) is 22.4 Å². The summed E-state index contributed by atoms with van der Waals surface area (Å²) >= 11 is 1.56. The number of nitrogens with zero attached hydrogens (tertiary/aromatic N) is 2. The van der Waals surface area contributed by atoms with Gasteiger partial charge in [0.2, 0.25) is 5.91 Å². The molecule has 6 heteroatoms. The van der Waals surface area contributed by atoms with Crippen molar-refractivity contribution in [3.63, 3.8) is 0 Å². The van der Waals surface area contributed by atoms with Crippen molar-refractivity contribution < 1.29 is 4.79 Å². The Morgan fingerprint density at radius 3 is 2.90 bits per heavy atom. The Bertz CT molecular complexity index is 670. The summed E-state index contributed by atoms with van der Waals surface area (Å²) in [6.07, 6.45) is 2.17. The van der Waals surface area contributed by atoms with E-state index < -0.39 is 0 Å². The van der Waals surface area contributed by atoms with Crippen molar-refractivity contribution in [2.45, 2.75) is 13.0 Å². The van der Waals surface area contributed by atoms with Crippen LogP contribution in [0.4, 0.5) is 0 Å². The number of thiophene rings is 1. The van der Waals surface area contributed by atoms with Crippen molar-refractivity contribution in [1.82, 2.24) is 14.8 Å². The predicted molar refractivity (Wildman–Crippen MR) is 80.2 cm³/mol. The summed E-state index contributed by atoms with van der Waals surface area (Å²) in [7, 11) is 0. The van der Waals surface area contributed by atoms with Gasteiger partial charge in [-0.25, -0.2) is 0 Å². The van der Waals surface area contributed by atoms with Crippen molar-refractivity contribution in [3.8, 4) is 0 Å². The number of nitrogens with one attached hydrogen (secondary N) is 1. The third-order valence-electron chi connectivity index (χ3n) is 3.63. The van der Waals surface area contributed by atoms with Gasteiger partial charge in [-0.3, -0.25) is 9.59 Å². The summed E-state index contributed by atoms with van der Waals surface area (Å²) in [5.74, 6) is 0.129. The molecule has 0 bridgehead atoms. The molecule has 1 amide bonds. The van der Waals surface area contributed by atoms with Crippen LogP contribution in [-0.4, -0.2) is 41.6 Å². The Kier molecular flexibility index (Phi) is 3.84. The number of aryl methyl sites for hydroxylation is 1. The molecule has 1 aliphatic heterocycles. The van der Waals surface area contributed by atoms with E-state index in [2.05, 4.69) is 5.32 Å². The van der Waals surface area contributed by atoms with E-state index in [4.69, 9.17) is 0 Å². The molecule has 3 rings (SSSR count). The van der Waals surface area contributed by atoms with Gasteiger partial charge >= 0.3 is 0 Å². The molecule has 1 saturated heterocycles. The molecule has 0 spiro atoms. The average molecular weight is 291 g/mol. The highest BCUT2D eigenvalue weighted by molar-refractivity contribution is 7.17. The number of amides is 1. The van der Waals surface area contributed by atoms with E-state index >= 15 is 0 Å². The first kappa shape index (κ1) is 13.3. The van der Waals surface area contributed by atoms with Gasteiger partial charge in [0.15, 0.2) is 0 Å². The van der Waals surface area contributed by atoms with Crippen LogP contribution in [0.25, 0.3) is 10.1 Å². The quantitative estimate of drug-likeness (QED) is 0.913. The highest BCUT2D eigenvalue weighted by Crippen LogP contribution is 2.16. The highest BCUT2D eigenvalue weighted by atomic mass is 32.1. The average Bonchev–Trinajstić information content (AvgIpc) is 2.96. The van der Waals surface area contributed by atoms with Gasteiger partial charge in [-0.2, -0.15) is 0 Å². The zero-order chi connectivity index (χ0) is 13.9. The van der Waals surface area contributed by atoms with Crippen LogP contribution in [0.1, 0.15) is 6.42 Å². The zero-order valence-electron chi connectivity index (χ0n) is 11.2. The monoisotopic (exact) mass is 291 g/mol. The molecule has 0 radical (unpaired) electrons. The van der Waals surface area contributed by atoms with Gasteiger partial charge < -0.3 is 14.8 Å². The first-order chi connectivity index (χ1) is 9.75. The van der Waals surface area contributed by atoms with Gasteiger partial charge in [-0.1, -0.05) is 0 Å². The molecule has 5 nitrogen and oxygen atoms in total. The second kappa shape index (κ2) is 5.76. The Labute approximate surface area is 120 Å². The van der Waals surface area contributed by atoms with E-state index in [0.717, 1.165) is 36.3 Å². The maximum absolute atomic E-state index is 12.2. The molecule has 0 aromatic carbocycles. The number of hydrogen-bond acceptors (Lipinski definition) is 4. The summed E-state index contributed by atoms with van der Waals surface area (Å²) in [6, 6.07) is 3.79. The number of fused-ring (bicyclic) bond motifs is 1. The molecule has 1 N–H and O–H groups in total. The maximum Gasteiger partial charge on any atom is 0.259 e. The highest BCUT2D eigenvalue weighted by Gasteiger charge is 2.16. The van der Waals surface area contributed by atoms with Crippen LogP contribution in [0.2, 0.25) is 0 Å². The van der Waals surface area contributed by atoms with Crippen molar-refractivity contribution in [2.24, 2.45) is 0 Å². The predicted octanol–water partition coefficient (Wildman–Crippen LogP) is 0.885. The van der Waals surface area contributed by atoms with E-state index in [9.17, 15) is 9.59 Å². The van der Waals surface area contributed by atoms with Crippen LogP contribution < -0.4 is 10.9 Å². The van der Waals surface area contributed by atoms with Gasteiger partial charge in [0.05, 0.1) is 5.39 Å². The Hall–Kier alpha value is -1.66. The van der Waals surface area contributed by atoms with E-state index in [0.29, 0.717) is 13.0 Å². The minimum absolute atomic E-state index is 0.00291. The fourth-order valence-corrected chi connectivity index (χ4v) is 3.24. The second-order valence-corrected chi connectivity index (χ2v) is 5.84. The second-order valence-electron chi connectivity index (χ2n) is 4.89. The lowest BCUT2D eigenvalue weighted by Crippen LogP contribution is -2.46. The molecular formula is C14H17N3O2S. The molecule has 106 valence electrons. The minimum Gasteiger partial charge on any atom is -0.340 e. The number of rotatable bonds is 3. The van der Waals surface area contributed by atoms with Crippen molar-refractivity contribution in [1.29, 1.82) is 0 Å². The number of carbonyl (C=O) groups excluding carboxylic acids is 1. The fraction of sp³-hybridized carbons (Fsp3) is 0.429. The number of pyridine rings is 1. The summed E-state index contributed by atoms with van der Waals surface area (Å²) in [4.78, 5) is 26.2. The Balaban J connectivity index is 1.68. The molecule has 3 heterocycles. The number of hydrogen-bond donors (Lipinski definition) is 1. The van der Waals surface area contributed by atoms with Crippen molar-refractivity contribution >= 4 is 27.3 Å². The Morgan fingerprint density at radius 2 is 2.10 bits per heavy atom. The lowest BCUT2D eigenvalue weighted by Gasteiger charge is -2.27. The SMILES string of the molecule is O=C(CCn1ccc2sccc2c1=O)N1CCNCC1. The molecule has 0 aliphatic carbocycles. The number of carbonyl (C=O) groups is 1.